The van der Waals surface area contributed by atoms with Crippen LogP contribution >= 0.6 is 0 Å². The molecule has 5 nitrogen and oxygen atoms in total. The van der Waals surface area contributed by atoms with Gasteiger partial charge in [-0.3, -0.25) is 9.59 Å². The van der Waals surface area contributed by atoms with E-state index in [0.717, 1.165) is 56.3 Å². The molecule has 0 aliphatic heterocycles. The first-order valence-electron chi connectivity index (χ1n) is 12.8. The zero-order chi connectivity index (χ0) is 25.2. The summed E-state index contributed by atoms with van der Waals surface area (Å²) in [5, 5.41) is 0. The van der Waals surface area contributed by atoms with E-state index in [-0.39, 0.29) is 17.3 Å². The molecule has 1 aromatic heterocycles. The number of aryl methyl sites for hydroxylation is 1. The second-order valence-corrected chi connectivity index (χ2v) is 11.0. The Morgan fingerprint density at radius 1 is 1.17 bits per heavy atom. The SMILES string of the molecule is C=C1CC[C@@H]2[C@@](C)(CCC[C@@]2(C)C(=O)OC)[C@H]1CCc1ccoc1CN(C)C(=O)c1ccccc1. The third kappa shape index (κ3) is 4.70. The third-order valence-electron chi connectivity index (χ3n) is 8.96. The van der Waals surface area contributed by atoms with E-state index in [0.29, 0.717) is 23.9 Å². The number of hydrogen-bond donors (Lipinski definition) is 0. The lowest BCUT2D eigenvalue weighted by atomic mass is 9.46. The Morgan fingerprint density at radius 3 is 2.63 bits per heavy atom. The maximum atomic E-state index is 12.8. The lowest BCUT2D eigenvalue weighted by Crippen LogP contribution is -2.53. The summed E-state index contributed by atoms with van der Waals surface area (Å²) in [7, 11) is 3.32. The molecule has 0 radical (unpaired) electrons. The van der Waals surface area contributed by atoms with Crippen LogP contribution in [0.1, 0.15) is 74.1 Å². The van der Waals surface area contributed by atoms with Crippen LogP contribution < -0.4 is 0 Å². The number of nitrogens with zero attached hydrogens (tertiary/aromatic N) is 1. The van der Waals surface area contributed by atoms with Gasteiger partial charge >= 0.3 is 5.97 Å². The number of carbonyl (C=O) groups is 2. The Morgan fingerprint density at radius 2 is 1.91 bits per heavy atom. The van der Waals surface area contributed by atoms with Crippen LogP contribution in [0, 0.1) is 22.7 Å². The highest BCUT2D eigenvalue weighted by atomic mass is 16.5. The number of esters is 1. The van der Waals surface area contributed by atoms with Crippen LogP contribution in [0.2, 0.25) is 0 Å². The van der Waals surface area contributed by atoms with Crippen LogP contribution in [-0.4, -0.2) is 30.9 Å². The molecule has 2 saturated carbocycles. The standard InChI is InChI=1S/C30H39NO4/c1-21-12-15-26-29(2,17-9-18-30(26,3)28(33)34-5)24(21)14-13-22-16-19-35-25(22)20-31(4)27(32)23-10-7-6-8-11-23/h6-8,10-11,16,19,24,26H,1,9,12-15,17-18,20H2,2-5H3/t24-,26+,29-,30+/m0/s1. The molecule has 35 heavy (non-hydrogen) atoms. The Bertz CT molecular complexity index is 1070. The summed E-state index contributed by atoms with van der Waals surface area (Å²) < 4.78 is 11.1. The van der Waals surface area contributed by atoms with Gasteiger partial charge in [0.2, 0.25) is 0 Å². The minimum atomic E-state index is -0.429. The number of fused-ring (bicyclic) bond motifs is 1. The topological polar surface area (TPSA) is 59.8 Å². The molecule has 0 N–H and O–H groups in total. The van der Waals surface area contributed by atoms with Gasteiger partial charge in [0.15, 0.2) is 0 Å². The molecule has 5 heteroatoms. The molecule has 0 bridgehead atoms. The number of methoxy groups -OCH3 is 1. The van der Waals surface area contributed by atoms with Crippen molar-refractivity contribution in [2.75, 3.05) is 14.2 Å². The molecule has 2 aliphatic rings. The largest absolute Gasteiger partial charge is 0.469 e. The first-order chi connectivity index (χ1) is 16.7. The molecular weight excluding hydrogens is 438 g/mol. The van der Waals surface area contributed by atoms with Gasteiger partial charge in [0.1, 0.15) is 5.76 Å². The van der Waals surface area contributed by atoms with Crippen LogP contribution in [0.3, 0.4) is 0 Å². The van der Waals surface area contributed by atoms with Gasteiger partial charge < -0.3 is 14.1 Å². The number of carbonyl (C=O) groups excluding carboxylic acids is 2. The van der Waals surface area contributed by atoms with E-state index in [4.69, 9.17) is 9.15 Å². The van der Waals surface area contributed by atoms with Crippen molar-refractivity contribution >= 4 is 11.9 Å². The normalized spacial score (nSPS) is 28.3. The number of ether oxygens (including phenoxy) is 1. The lowest BCUT2D eigenvalue weighted by molar-refractivity contribution is -0.168. The molecule has 2 fully saturated rings. The van der Waals surface area contributed by atoms with E-state index in [1.807, 2.05) is 43.4 Å². The maximum absolute atomic E-state index is 12.8. The van der Waals surface area contributed by atoms with Gasteiger partial charge in [-0.1, -0.05) is 43.7 Å². The van der Waals surface area contributed by atoms with Gasteiger partial charge in [0.05, 0.1) is 25.3 Å². The minimum absolute atomic E-state index is 0.0201. The van der Waals surface area contributed by atoms with Crippen molar-refractivity contribution in [1.82, 2.24) is 4.90 Å². The van der Waals surface area contributed by atoms with E-state index < -0.39 is 5.41 Å². The monoisotopic (exact) mass is 477 g/mol. The zero-order valence-electron chi connectivity index (χ0n) is 21.6. The van der Waals surface area contributed by atoms with Crippen LogP contribution in [0.5, 0.6) is 0 Å². The van der Waals surface area contributed by atoms with Crippen molar-refractivity contribution in [3.05, 3.63) is 71.7 Å². The summed E-state index contributed by atoms with van der Waals surface area (Å²) in [5.74, 6) is 1.39. The molecule has 4 atom stereocenters. The van der Waals surface area contributed by atoms with Gasteiger partial charge in [-0.15, -0.1) is 0 Å². The molecule has 2 aromatic rings. The predicted octanol–water partition coefficient (Wildman–Crippen LogP) is 6.44. The zero-order valence-corrected chi connectivity index (χ0v) is 21.6. The van der Waals surface area contributed by atoms with Crippen molar-refractivity contribution < 1.29 is 18.7 Å². The van der Waals surface area contributed by atoms with Gasteiger partial charge in [-0.2, -0.15) is 0 Å². The van der Waals surface area contributed by atoms with Gasteiger partial charge in [0, 0.05) is 12.6 Å². The summed E-state index contributed by atoms with van der Waals surface area (Å²) in [6.07, 6.45) is 8.55. The molecule has 4 rings (SSSR count). The summed E-state index contributed by atoms with van der Waals surface area (Å²) >= 11 is 0. The van der Waals surface area contributed by atoms with E-state index in [9.17, 15) is 9.59 Å². The molecule has 2 aliphatic carbocycles. The van der Waals surface area contributed by atoms with E-state index in [1.54, 1.807) is 11.2 Å². The number of furan rings is 1. The van der Waals surface area contributed by atoms with Gasteiger partial charge in [0.25, 0.3) is 5.91 Å². The van der Waals surface area contributed by atoms with Crippen LogP contribution in [0.15, 0.2) is 59.2 Å². The van der Waals surface area contributed by atoms with Crippen molar-refractivity contribution in [2.45, 2.75) is 65.3 Å². The van der Waals surface area contributed by atoms with Gasteiger partial charge in [-0.05, 0) is 86.5 Å². The Labute approximate surface area is 209 Å². The summed E-state index contributed by atoms with van der Waals surface area (Å²) in [5.41, 5.74) is 2.72. The third-order valence-corrected chi connectivity index (χ3v) is 8.96. The van der Waals surface area contributed by atoms with E-state index in [2.05, 4.69) is 20.4 Å². The van der Waals surface area contributed by atoms with Crippen molar-refractivity contribution in [2.24, 2.45) is 22.7 Å². The smallest absolute Gasteiger partial charge is 0.311 e. The molecule has 0 saturated heterocycles. The highest BCUT2D eigenvalue weighted by Gasteiger charge is 2.57. The van der Waals surface area contributed by atoms with Crippen molar-refractivity contribution in [3.63, 3.8) is 0 Å². The first kappa shape index (κ1) is 25.3. The predicted molar refractivity (Wildman–Crippen MR) is 137 cm³/mol. The quantitative estimate of drug-likeness (QED) is 0.340. The fraction of sp³-hybridized carbons (Fsp3) is 0.533. The summed E-state index contributed by atoms with van der Waals surface area (Å²) in [6.45, 7) is 9.39. The van der Waals surface area contributed by atoms with Crippen LogP contribution in [0.25, 0.3) is 0 Å². The first-order valence-corrected chi connectivity index (χ1v) is 12.8. The summed E-state index contributed by atoms with van der Waals surface area (Å²) in [6, 6.07) is 11.4. The van der Waals surface area contributed by atoms with E-state index in [1.165, 1.54) is 12.7 Å². The highest BCUT2D eigenvalue weighted by molar-refractivity contribution is 5.93. The molecule has 1 aromatic carbocycles. The average molecular weight is 478 g/mol. The van der Waals surface area contributed by atoms with Crippen LogP contribution in [-0.2, 0) is 22.5 Å². The molecule has 1 heterocycles. The van der Waals surface area contributed by atoms with E-state index >= 15 is 0 Å². The second kappa shape index (κ2) is 10.0. The number of hydrogen-bond acceptors (Lipinski definition) is 4. The molecule has 188 valence electrons. The lowest BCUT2D eigenvalue weighted by Gasteiger charge is -2.57. The number of rotatable bonds is 7. The summed E-state index contributed by atoms with van der Waals surface area (Å²) in [4.78, 5) is 27.3. The second-order valence-electron chi connectivity index (χ2n) is 11.0. The highest BCUT2D eigenvalue weighted by Crippen LogP contribution is 2.62. The number of benzene rings is 1. The van der Waals surface area contributed by atoms with Gasteiger partial charge in [-0.25, -0.2) is 0 Å². The number of amides is 1. The molecule has 1 amide bonds. The maximum Gasteiger partial charge on any atom is 0.311 e. The Balaban J connectivity index is 1.48. The Hall–Kier alpha value is -2.82. The van der Waals surface area contributed by atoms with Crippen molar-refractivity contribution in [1.29, 1.82) is 0 Å². The minimum Gasteiger partial charge on any atom is -0.469 e. The fourth-order valence-corrected chi connectivity index (χ4v) is 7.08. The van der Waals surface area contributed by atoms with Crippen LogP contribution in [0.4, 0.5) is 0 Å². The van der Waals surface area contributed by atoms with Crippen molar-refractivity contribution in [3.8, 4) is 0 Å². The number of allylic oxidation sites excluding steroid dienone is 1. The Kier molecular flexibility index (Phi) is 7.25. The molecule has 0 unspecified atom stereocenters. The fourth-order valence-electron chi connectivity index (χ4n) is 7.08. The molecular formula is C30H39NO4. The molecule has 0 spiro atoms. The average Bonchev–Trinajstić information content (AvgIpc) is 3.29.